The van der Waals surface area contributed by atoms with Crippen molar-refractivity contribution < 1.29 is 23.8 Å². The molecule has 38 heavy (non-hydrogen) atoms. The van der Waals surface area contributed by atoms with Crippen LogP contribution in [0.2, 0.25) is 0 Å². The summed E-state index contributed by atoms with van der Waals surface area (Å²) in [5.74, 6) is -0.423. The van der Waals surface area contributed by atoms with Crippen molar-refractivity contribution in [2.45, 2.75) is 33.2 Å². The maximum Gasteiger partial charge on any atom is 0.279 e. The molecule has 1 aromatic heterocycles. The van der Waals surface area contributed by atoms with Gasteiger partial charge >= 0.3 is 0 Å². The second-order valence-corrected chi connectivity index (χ2v) is 10.4. The fourth-order valence-corrected chi connectivity index (χ4v) is 4.66. The molecular weight excluding hydrogens is 487 g/mol. The van der Waals surface area contributed by atoms with Gasteiger partial charge in [-0.25, -0.2) is 9.37 Å². The molecule has 0 bridgehead atoms. The Morgan fingerprint density at radius 1 is 1.32 bits per heavy atom. The summed E-state index contributed by atoms with van der Waals surface area (Å²) < 4.78 is 27.8. The molecule has 1 amide bonds. The number of amides is 1. The van der Waals surface area contributed by atoms with Crippen molar-refractivity contribution in [3.8, 4) is 11.5 Å². The Morgan fingerprint density at radius 3 is 2.84 bits per heavy atom. The van der Waals surface area contributed by atoms with E-state index in [4.69, 9.17) is 9.47 Å². The summed E-state index contributed by atoms with van der Waals surface area (Å²) in [6.45, 7) is 10.4. The normalized spacial score (nSPS) is 17.9. The minimum atomic E-state index is -0.999. The average molecular weight is 517 g/mol. The van der Waals surface area contributed by atoms with Gasteiger partial charge in [0.15, 0.2) is 0 Å². The third-order valence-corrected chi connectivity index (χ3v) is 6.39. The summed E-state index contributed by atoms with van der Waals surface area (Å²) in [5, 5.41) is 14.1. The van der Waals surface area contributed by atoms with Gasteiger partial charge in [-0.2, -0.15) is 0 Å². The SMILES string of the molecule is C=C(C)COc1ccc(C2C3=C(CC(C)(C)CO3)Nc3c(O)cccc3N2C(=O)c2cnccn2)c(F)c1. The molecule has 1 unspecified atom stereocenters. The van der Waals surface area contributed by atoms with Gasteiger partial charge in [-0.1, -0.05) is 26.5 Å². The summed E-state index contributed by atoms with van der Waals surface area (Å²) in [7, 11) is 0. The quantitative estimate of drug-likeness (QED) is 0.329. The maximum absolute atomic E-state index is 15.9. The average Bonchev–Trinajstić information content (AvgIpc) is 3.02. The Bertz CT molecular complexity index is 1440. The number of aromatic hydroxyl groups is 1. The van der Waals surface area contributed by atoms with E-state index in [0.29, 0.717) is 41.6 Å². The van der Waals surface area contributed by atoms with Gasteiger partial charge in [0.25, 0.3) is 5.91 Å². The van der Waals surface area contributed by atoms with Crippen LogP contribution in [0.25, 0.3) is 0 Å². The number of phenols is 1. The first-order valence-corrected chi connectivity index (χ1v) is 12.3. The Kier molecular flexibility index (Phi) is 6.52. The van der Waals surface area contributed by atoms with Crippen molar-refractivity contribution in [3.63, 3.8) is 0 Å². The Hall–Kier alpha value is -4.40. The second kappa shape index (κ2) is 9.81. The molecular formula is C29H29FN4O4. The smallest absolute Gasteiger partial charge is 0.279 e. The molecule has 2 aliphatic rings. The van der Waals surface area contributed by atoms with Crippen LogP contribution in [-0.2, 0) is 4.74 Å². The number of nitrogens with one attached hydrogen (secondary N) is 1. The zero-order valence-corrected chi connectivity index (χ0v) is 21.5. The molecule has 3 aromatic rings. The van der Waals surface area contributed by atoms with Gasteiger partial charge in [0.05, 0.1) is 24.2 Å². The van der Waals surface area contributed by atoms with Crippen LogP contribution in [0.3, 0.4) is 0 Å². The van der Waals surface area contributed by atoms with E-state index < -0.39 is 17.8 Å². The molecule has 0 saturated heterocycles. The minimum Gasteiger partial charge on any atom is -0.506 e. The summed E-state index contributed by atoms with van der Waals surface area (Å²) >= 11 is 0. The summed E-state index contributed by atoms with van der Waals surface area (Å²) in [4.78, 5) is 23.7. The molecule has 8 nitrogen and oxygen atoms in total. The van der Waals surface area contributed by atoms with Gasteiger partial charge in [0, 0.05) is 29.4 Å². The molecule has 2 aliphatic heterocycles. The topological polar surface area (TPSA) is 96.8 Å². The number of aromatic nitrogens is 2. The number of carbonyl (C=O) groups excluding carboxylic acids is 1. The number of rotatable bonds is 5. The number of fused-ring (bicyclic) bond motifs is 1. The number of halogens is 1. The van der Waals surface area contributed by atoms with Crippen molar-refractivity contribution in [3.05, 3.63) is 95.7 Å². The highest BCUT2D eigenvalue weighted by Crippen LogP contribution is 2.50. The lowest BCUT2D eigenvalue weighted by molar-refractivity contribution is 0.0756. The van der Waals surface area contributed by atoms with Crippen LogP contribution in [0.15, 0.2) is 78.6 Å². The van der Waals surface area contributed by atoms with Crippen LogP contribution < -0.4 is 15.0 Å². The number of hydrogen-bond donors (Lipinski definition) is 2. The summed E-state index contributed by atoms with van der Waals surface area (Å²) in [6.07, 6.45) is 4.79. The highest BCUT2D eigenvalue weighted by atomic mass is 19.1. The molecule has 9 heteroatoms. The fourth-order valence-electron chi connectivity index (χ4n) is 4.66. The molecule has 3 heterocycles. The molecule has 0 aliphatic carbocycles. The van der Waals surface area contributed by atoms with Crippen LogP contribution in [0.5, 0.6) is 11.5 Å². The lowest BCUT2D eigenvalue weighted by Gasteiger charge is -2.37. The van der Waals surface area contributed by atoms with E-state index in [1.165, 1.54) is 35.6 Å². The number of para-hydroxylation sites is 1. The van der Waals surface area contributed by atoms with Crippen molar-refractivity contribution >= 4 is 17.3 Å². The highest BCUT2D eigenvalue weighted by Gasteiger charge is 2.43. The number of hydrogen-bond acceptors (Lipinski definition) is 7. The summed E-state index contributed by atoms with van der Waals surface area (Å²) in [5.41, 5.74) is 2.17. The molecule has 2 aromatic carbocycles. The first-order chi connectivity index (χ1) is 18.1. The Morgan fingerprint density at radius 2 is 2.13 bits per heavy atom. The maximum atomic E-state index is 15.9. The van der Waals surface area contributed by atoms with Crippen LogP contribution >= 0.6 is 0 Å². The zero-order chi connectivity index (χ0) is 27.0. The lowest BCUT2D eigenvalue weighted by Crippen LogP contribution is -2.39. The number of anilines is 2. The van der Waals surface area contributed by atoms with Gasteiger partial charge in [0.1, 0.15) is 47.1 Å². The second-order valence-electron chi connectivity index (χ2n) is 10.4. The van der Waals surface area contributed by atoms with Crippen molar-refractivity contribution in [1.82, 2.24) is 9.97 Å². The van der Waals surface area contributed by atoms with E-state index in [9.17, 15) is 9.90 Å². The largest absolute Gasteiger partial charge is 0.506 e. The molecule has 0 radical (unpaired) electrons. The monoisotopic (exact) mass is 516 g/mol. The molecule has 196 valence electrons. The molecule has 1 atom stereocenters. The first kappa shape index (κ1) is 25.3. The number of benzene rings is 2. The highest BCUT2D eigenvalue weighted by molar-refractivity contribution is 6.08. The van der Waals surface area contributed by atoms with Crippen molar-refractivity contribution in [1.29, 1.82) is 0 Å². The van der Waals surface area contributed by atoms with Gasteiger partial charge < -0.3 is 19.9 Å². The van der Waals surface area contributed by atoms with E-state index in [1.807, 2.05) is 6.92 Å². The van der Waals surface area contributed by atoms with Crippen LogP contribution in [0.1, 0.15) is 49.3 Å². The minimum absolute atomic E-state index is 0.0562. The van der Waals surface area contributed by atoms with E-state index >= 15 is 4.39 Å². The number of ether oxygens (including phenoxy) is 2. The van der Waals surface area contributed by atoms with Crippen molar-refractivity contribution in [2.75, 3.05) is 23.4 Å². The lowest BCUT2D eigenvalue weighted by atomic mass is 9.85. The van der Waals surface area contributed by atoms with Gasteiger partial charge in [-0.05, 0) is 43.2 Å². The Labute approximate surface area is 220 Å². The molecule has 0 fully saturated rings. The predicted octanol–water partition coefficient (Wildman–Crippen LogP) is 5.75. The van der Waals surface area contributed by atoms with Gasteiger partial charge in [-0.15, -0.1) is 0 Å². The number of carbonyl (C=O) groups is 1. The zero-order valence-electron chi connectivity index (χ0n) is 21.5. The predicted molar refractivity (Wildman–Crippen MR) is 141 cm³/mol. The first-order valence-electron chi connectivity index (χ1n) is 12.3. The van der Waals surface area contributed by atoms with Gasteiger partial charge in [-0.3, -0.25) is 14.7 Å². The summed E-state index contributed by atoms with van der Waals surface area (Å²) in [6, 6.07) is 8.38. The number of nitrogens with zero attached hydrogens (tertiary/aromatic N) is 3. The number of allylic oxidation sites excluding steroid dienone is 1. The fraction of sp³-hybridized carbons (Fsp3) is 0.276. The van der Waals surface area contributed by atoms with E-state index in [-0.39, 0.29) is 29.0 Å². The van der Waals surface area contributed by atoms with Crippen LogP contribution in [-0.4, -0.2) is 34.2 Å². The number of phenolic OH excluding ortho intramolecular Hbond substituents is 1. The van der Waals surface area contributed by atoms with Gasteiger partial charge in [0.2, 0.25) is 0 Å². The van der Waals surface area contributed by atoms with Crippen LogP contribution in [0, 0.1) is 11.2 Å². The molecule has 5 rings (SSSR count). The van der Waals surface area contributed by atoms with Crippen molar-refractivity contribution in [2.24, 2.45) is 5.41 Å². The van der Waals surface area contributed by atoms with E-state index in [1.54, 1.807) is 24.3 Å². The van der Waals surface area contributed by atoms with Crippen LogP contribution in [0.4, 0.5) is 15.8 Å². The van der Waals surface area contributed by atoms with E-state index in [2.05, 4.69) is 35.7 Å². The third kappa shape index (κ3) is 4.79. The Balaban J connectivity index is 1.73. The standard InChI is InChI=1S/C29H29FN4O4/c1-17(2)15-37-18-8-9-19(20(30)12-18)26-27-21(13-29(3,4)16-38-27)33-25-23(6-5-7-24(25)35)34(26)28(36)22-14-31-10-11-32-22/h5-12,14,26,33,35H,1,13,15-16H2,2-4H3. The third-order valence-electron chi connectivity index (χ3n) is 6.39. The molecule has 0 spiro atoms. The van der Waals surface area contributed by atoms with E-state index in [0.717, 1.165) is 5.57 Å². The molecule has 2 N–H and O–H groups in total. The molecule has 0 saturated carbocycles.